The lowest BCUT2D eigenvalue weighted by Gasteiger charge is -2.19. The van der Waals surface area contributed by atoms with Crippen molar-refractivity contribution in [2.45, 2.75) is 113 Å². The van der Waals surface area contributed by atoms with E-state index < -0.39 is 0 Å². The Morgan fingerprint density at radius 1 is 0.500 bits per heavy atom. The number of rotatable bonds is 14. The standard InChI is InChI=1S/C22H46/c1-8-21(6)22(7)17-11-16-20(5)15-10-14-19(4)13-9-12-18(2)3/h18-22H,8-17H2,1-7H3. The SMILES string of the molecule is CCC(C)C(C)CCCC(C)CCCC(C)CCCC(C)C. The van der Waals surface area contributed by atoms with Gasteiger partial charge in [-0.2, -0.15) is 0 Å². The third-order valence-corrected chi connectivity index (χ3v) is 5.84. The van der Waals surface area contributed by atoms with E-state index in [4.69, 9.17) is 0 Å². The summed E-state index contributed by atoms with van der Waals surface area (Å²) in [5, 5.41) is 0. The van der Waals surface area contributed by atoms with Crippen LogP contribution in [0.5, 0.6) is 0 Å². The molecule has 0 aliphatic heterocycles. The summed E-state index contributed by atoms with van der Waals surface area (Å²) in [5.41, 5.74) is 0. The van der Waals surface area contributed by atoms with Gasteiger partial charge in [-0.1, -0.05) is 113 Å². The minimum atomic E-state index is 0.880. The summed E-state index contributed by atoms with van der Waals surface area (Å²) in [6.07, 6.45) is 14.3. The van der Waals surface area contributed by atoms with Gasteiger partial charge in [-0.3, -0.25) is 0 Å². The molecule has 0 bridgehead atoms. The summed E-state index contributed by atoms with van der Waals surface area (Å²) < 4.78 is 0. The van der Waals surface area contributed by atoms with Gasteiger partial charge in [-0.25, -0.2) is 0 Å². The molecule has 0 aliphatic carbocycles. The van der Waals surface area contributed by atoms with Crippen LogP contribution in [0.1, 0.15) is 113 Å². The molecule has 0 aromatic rings. The second-order valence-electron chi connectivity index (χ2n) is 8.76. The van der Waals surface area contributed by atoms with Gasteiger partial charge in [0.2, 0.25) is 0 Å². The Hall–Kier alpha value is 0. The summed E-state index contributed by atoms with van der Waals surface area (Å²) >= 11 is 0. The van der Waals surface area contributed by atoms with Gasteiger partial charge < -0.3 is 0 Å². The molecule has 0 saturated heterocycles. The average molecular weight is 311 g/mol. The normalized spacial score (nSPS) is 17.5. The van der Waals surface area contributed by atoms with Crippen molar-refractivity contribution in [3.8, 4) is 0 Å². The maximum atomic E-state index is 2.47. The number of hydrogen-bond donors (Lipinski definition) is 0. The van der Waals surface area contributed by atoms with E-state index in [0.717, 1.165) is 29.6 Å². The lowest BCUT2D eigenvalue weighted by atomic mass is 9.87. The van der Waals surface area contributed by atoms with Crippen LogP contribution in [-0.4, -0.2) is 0 Å². The van der Waals surface area contributed by atoms with Gasteiger partial charge >= 0.3 is 0 Å². The molecule has 0 N–H and O–H groups in total. The molecular weight excluding hydrogens is 264 g/mol. The van der Waals surface area contributed by atoms with Crippen LogP contribution in [0.4, 0.5) is 0 Å². The zero-order chi connectivity index (χ0) is 17.0. The molecule has 0 aromatic heterocycles. The fourth-order valence-electron chi connectivity index (χ4n) is 3.45. The molecule has 22 heavy (non-hydrogen) atoms. The summed E-state index contributed by atoms with van der Waals surface area (Å²) in [4.78, 5) is 0. The van der Waals surface area contributed by atoms with E-state index in [9.17, 15) is 0 Å². The third kappa shape index (κ3) is 12.5. The number of hydrogen-bond acceptors (Lipinski definition) is 0. The molecule has 0 nitrogen and oxygen atoms in total. The van der Waals surface area contributed by atoms with Crippen LogP contribution in [0.3, 0.4) is 0 Å². The quantitative estimate of drug-likeness (QED) is 0.304. The molecule has 0 fully saturated rings. The van der Waals surface area contributed by atoms with Gasteiger partial charge in [0.25, 0.3) is 0 Å². The molecule has 4 atom stereocenters. The summed E-state index contributed by atoms with van der Waals surface area (Å²) in [7, 11) is 0. The lowest BCUT2D eigenvalue weighted by molar-refractivity contribution is 0.325. The predicted octanol–water partition coefficient (Wildman–Crippen LogP) is 8.11. The lowest BCUT2D eigenvalue weighted by Crippen LogP contribution is -2.07. The van der Waals surface area contributed by atoms with Crippen molar-refractivity contribution in [1.29, 1.82) is 0 Å². The monoisotopic (exact) mass is 310 g/mol. The molecule has 0 aliphatic rings. The van der Waals surface area contributed by atoms with E-state index in [1.165, 1.54) is 64.2 Å². The molecule has 0 radical (unpaired) electrons. The highest BCUT2D eigenvalue weighted by Crippen LogP contribution is 2.24. The molecule has 0 spiro atoms. The zero-order valence-electron chi connectivity index (χ0n) is 17.0. The van der Waals surface area contributed by atoms with Gasteiger partial charge in [-0.15, -0.1) is 0 Å². The van der Waals surface area contributed by atoms with Crippen molar-refractivity contribution >= 4 is 0 Å². The summed E-state index contributed by atoms with van der Waals surface area (Å²) in [6, 6.07) is 0. The minimum absolute atomic E-state index is 0.880. The third-order valence-electron chi connectivity index (χ3n) is 5.84. The van der Waals surface area contributed by atoms with E-state index in [2.05, 4.69) is 48.5 Å². The van der Waals surface area contributed by atoms with Gasteiger partial charge in [0.15, 0.2) is 0 Å². The largest absolute Gasteiger partial charge is 0.0651 e. The van der Waals surface area contributed by atoms with Gasteiger partial charge in [0.05, 0.1) is 0 Å². The van der Waals surface area contributed by atoms with E-state index >= 15 is 0 Å². The van der Waals surface area contributed by atoms with Crippen LogP contribution >= 0.6 is 0 Å². The Bertz CT molecular complexity index is 230. The minimum Gasteiger partial charge on any atom is -0.0651 e. The van der Waals surface area contributed by atoms with Crippen LogP contribution in [0, 0.1) is 29.6 Å². The fraction of sp³-hybridized carbons (Fsp3) is 1.00. The van der Waals surface area contributed by atoms with Crippen molar-refractivity contribution in [3.63, 3.8) is 0 Å². The predicted molar refractivity (Wildman–Crippen MR) is 103 cm³/mol. The van der Waals surface area contributed by atoms with Crippen LogP contribution < -0.4 is 0 Å². The van der Waals surface area contributed by atoms with E-state index in [1.54, 1.807) is 0 Å². The zero-order valence-corrected chi connectivity index (χ0v) is 17.0. The van der Waals surface area contributed by atoms with Gasteiger partial charge in [-0.05, 0) is 29.6 Å². The van der Waals surface area contributed by atoms with Gasteiger partial charge in [0.1, 0.15) is 0 Å². The molecule has 0 heterocycles. The molecular formula is C22H46. The van der Waals surface area contributed by atoms with Crippen LogP contribution in [0.2, 0.25) is 0 Å². The van der Waals surface area contributed by atoms with Crippen molar-refractivity contribution in [3.05, 3.63) is 0 Å². The van der Waals surface area contributed by atoms with E-state index in [1.807, 2.05) is 0 Å². The van der Waals surface area contributed by atoms with Crippen LogP contribution in [0.15, 0.2) is 0 Å². The highest BCUT2D eigenvalue weighted by Gasteiger charge is 2.11. The second-order valence-corrected chi connectivity index (χ2v) is 8.76. The maximum absolute atomic E-state index is 2.47. The summed E-state index contributed by atoms with van der Waals surface area (Å²) in [5.74, 6) is 4.58. The molecule has 134 valence electrons. The molecule has 0 amide bonds. The highest BCUT2D eigenvalue weighted by molar-refractivity contribution is 4.63. The average Bonchev–Trinajstić information content (AvgIpc) is 2.45. The van der Waals surface area contributed by atoms with Crippen LogP contribution in [-0.2, 0) is 0 Å². The maximum Gasteiger partial charge on any atom is -0.0417 e. The van der Waals surface area contributed by atoms with E-state index in [-0.39, 0.29) is 0 Å². The Labute approximate surface area is 142 Å². The Morgan fingerprint density at radius 2 is 0.909 bits per heavy atom. The van der Waals surface area contributed by atoms with Crippen molar-refractivity contribution < 1.29 is 0 Å². The molecule has 0 aromatic carbocycles. The first-order chi connectivity index (χ1) is 10.4. The second kappa shape index (κ2) is 13.4. The van der Waals surface area contributed by atoms with Crippen molar-refractivity contribution in [1.82, 2.24) is 0 Å². The molecule has 0 heteroatoms. The topological polar surface area (TPSA) is 0 Å². The van der Waals surface area contributed by atoms with Gasteiger partial charge in [0, 0.05) is 0 Å². The Morgan fingerprint density at radius 3 is 1.32 bits per heavy atom. The van der Waals surface area contributed by atoms with Crippen LogP contribution in [0.25, 0.3) is 0 Å². The van der Waals surface area contributed by atoms with Crippen molar-refractivity contribution in [2.24, 2.45) is 29.6 Å². The summed E-state index contributed by atoms with van der Waals surface area (Å²) in [6.45, 7) is 16.8. The van der Waals surface area contributed by atoms with E-state index in [0.29, 0.717) is 0 Å². The van der Waals surface area contributed by atoms with Crippen molar-refractivity contribution in [2.75, 3.05) is 0 Å². The highest BCUT2D eigenvalue weighted by atomic mass is 14.2. The smallest absolute Gasteiger partial charge is 0.0417 e. The first-order valence-electron chi connectivity index (χ1n) is 10.4. The molecule has 4 unspecified atom stereocenters. The Kier molecular flexibility index (Phi) is 13.4. The first-order valence-corrected chi connectivity index (χ1v) is 10.4. The molecule has 0 rings (SSSR count). The molecule has 0 saturated carbocycles. The Balaban J connectivity index is 3.54. The first kappa shape index (κ1) is 22.0. The fourth-order valence-corrected chi connectivity index (χ4v) is 3.45.